The smallest absolute Gasteiger partial charge is 0.237 e. The van der Waals surface area contributed by atoms with Crippen LogP contribution in [-0.2, 0) is 9.59 Å². The second-order valence-electron chi connectivity index (χ2n) is 6.33. The minimum absolute atomic E-state index is 0.0483. The molecule has 0 radical (unpaired) electrons. The van der Waals surface area contributed by atoms with Crippen LogP contribution >= 0.6 is 35.3 Å². The first-order valence-corrected chi connectivity index (χ1v) is 11.1. The highest BCUT2D eigenvalue weighted by molar-refractivity contribution is 8.01. The Morgan fingerprint density at radius 2 is 1.70 bits per heavy atom. The summed E-state index contributed by atoms with van der Waals surface area (Å²) < 4.78 is 3.31. The number of rotatable bonds is 4. The average Bonchev–Trinajstić information content (AvgIpc) is 2.75. The van der Waals surface area contributed by atoms with E-state index < -0.39 is 0 Å². The van der Waals surface area contributed by atoms with Crippen LogP contribution in [0.3, 0.4) is 0 Å². The van der Waals surface area contributed by atoms with E-state index in [1.54, 1.807) is 23.7 Å². The SMILES string of the molecule is CC1Sc2ccc(-c3ccc(SNc4ccc(Cl)cc4)cc3)cc2NC1=O.NC=O. The molecule has 0 spiro atoms. The Labute approximate surface area is 188 Å². The molecule has 0 fully saturated rings. The minimum atomic E-state index is -0.0483. The molecular formula is C22H20ClN3O2S2. The van der Waals surface area contributed by atoms with Crippen molar-refractivity contribution in [2.24, 2.45) is 5.73 Å². The second-order valence-corrected chi connectivity index (χ2v) is 9.03. The first-order valence-electron chi connectivity index (χ1n) is 9.06. The minimum Gasteiger partial charge on any atom is -0.372 e. The lowest BCUT2D eigenvalue weighted by Gasteiger charge is -2.22. The maximum absolute atomic E-state index is 11.9. The van der Waals surface area contributed by atoms with Crippen LogP contribution in [0, 0.1) is 0 Å². The van der Waals surface area contributed by atoms with Crippen LogP contribution in [0.5, 0.6) is 0 Å². The van der Waals surface area contributed by atoms with Crippen molar-refractivity contribution in [2.75, 3.05) is 10.0 Å². The molecule has 4 rings (SSSR count). The fourth-order valence-electron chi connectivity index (χ4n) is 2.74. The number of thioether (sulfide) groups is 1. The van der Waals surface area contributed by atoms with Crippen LogP contribution in [0.1, 0.15) is 6.92 Å². The third kappa shape index (κ3) is 5.72. The van der Waals surface area contributed by atoms with E-state index in [4.69, 9.17) is 16.4 Å². The quantitative estimate of drug-likeness (QED) is 0.347. The van der Waals surface area contributed by atoms with E-state index in [0.29, 0.717) is 0 Å². The number of benzene rings is 3. The number of anilines is 2. The van der Waals surface area contributed by atoms with Crippen LogP contribution in [0.15, 0.2) is 76.5 Å². The number of hydrogen-bond donors (Lipinski definition) is 3. The number of amides is 2. The molecule has 4 N–H and O–H groups in total. The summed E-state index contributed by atoms with van der Waals surface area (Å²) in [5.74, 6) is 0.0599. The molecule has 30 heavy (non-hydrogen) atoms. The molecule has 3 aromatic carbocycles. The van der Waals surface area contributed by atoms with Gasteiger partial charge in [0.15, 0.2) is 0 Å². The highest BCUT2D eigenvalue weighted by Gasteiger charge is 2.23. The molecule has 5 nitrogen and oxygen atoms in total. The summed E-state index contributed by atoms with van der Waals surface area (Å²) in [6.45, 7) is 1.92. The summed E-state index contributed by atoms with van der Waals surface area (Å²) in [7, 11) is 0. The summed E-state index contributed by atoms with van der Waals surface area (Å²) in [5.41, 5.74) is 8.27. The molecule has 1 heterocycles. The number of carbonyl (C=O) groups excluding carboxylic acids is 2. The van der Waals surface area contributed by atoms with E-state index in [0.717, 1.165) is 37.3 Å². The van der Waals surface area contributed by atoms with Gasteiger partial charge in [-0.15, -0.1) is 11.8 Å². The van der Waals surface area contributed by atoms with Crippen LogP contribution in [0.2, 0.25) is 5.02 Å². The van der Waals surface area contributed by atoms with Crippen molar-refractivity contribution in [2.45, 2.75) is 22.0 Å². The molecule has 8 heteroatoms. The van der Waals surface area contributed by atoms with Gasteiger partial charge in [0.1, 0.15) is 0 Å². The van der Waals surface area contributed by atoms with E-state index in [1.165, 1.54) is 0 Å². The second kappa shape index (κ2) is 10.4. The van der Waals surface area contributed by atoms with Crippen LogP contribution in [-0.4, -0.2) is 17.6 Å². The van der Waals surface area contributed by atoms with E-state index in [1.807, 2.05) is 37.3 Å². The fraction of sp³-hybridized carbons (Fsp3) is 0.0909. The van der Waals surface area contributed by atoms with Crippen LogP contribution < -0.4 is 15.8 Å². The number of primary amides is 1. The molecule has 1 atom stereocenters. The van der Waals surface area contributed by atoms with Crippen molar-refractivity contribution < 1.29 is 9.59 Å². The van der Waals surface area contributed by atoms with E-state index in [-0.39, 0.29) is 17.6 Å². The summed E-state index contributed by atoms with van der Waals surface area (Å²) in [6, 6.07) is 22.2. The number of hydrogen-bond acceptors (Lipinski definition) is 5. The topological polar surface area (TPSA) is 84.2 Å². The molecule has 154 valence electrons. The summed E-state index contributed by atoms with van der Waals surface area (Å²) in [4.78, 5) is 22.7. The Hall–Kier alpha value is -2.61. The van der Waals surface area contributed by atoms with Gasteiger partial charge < -0.3 is 15.8 Å². The van der Waals surface area contributed by atoms with Gasteiger partial charge in [0.25, 0.3) is 0 Å². The molecule has 1 aliphatic rings. The first kappa shape index (κ1) is 22.1. The molecule has 3 aromatic rings. The molecule has 0 saturated carbocycles. The highest BCUT2D eigenvalue weighted by Crippen LogP contribution is 2.38. The van der Waals surface area contributed by atoms with E-state index >= 15 is 0 Å². The Bertz CT molecular complexity index is 1030. The Morgan fingerprint density at radius 1 is 1.07 bits per heavy atom. The molecule has 1 unspecified atom stereocenters. The van der Waals surface area contributed by atoms with Gasteiger partial charge in [-0.25, -0.2) is 0 Å². The van der Waals surface area contributed by atoms with Crippen molar-refractivity contribution in [3.8, 4) is 11.1 Å². The number of halogens is 1. The Balaban J connectivity index is 0.000000806. The molecule has 1 aliphatic heterocycles. The van der Waals surface area contributed by atoms with Gasteiger partial charge in [0.05, 0.1) is 10.9 Å². The standard InChI is InChI=1S/C21H17ClN2OS2.CH3NO/c1-13-21(25)23-19-12-15(4-11-20(19)26-13)14-2-9-18(10-3-14)27-24-17-7-5-16(22)6-8-17;2-1-3/h2-13,24H,1H3,(H,23,25);1H,(H2,2,3). The van der Waals surface area contributed by atoms with Crippen molar-refractivity contribution in [1.29, 1.82) is 0 Å². The predicted molar refractivity (Wildman–Crippen MR) is 127 cm³/mol. The lowest BCUT2D eigenvalue weighted by molar-refractivity contribution is -0.115. The van der Waals surface area contributed by atoms with Crippen molar-refractivity contribution in [3.63, 3.8) is 0 Å². The van der Waals surface area contributed by atoms with Crippen molar-refractivity contribution in [1.82, 2.24) is 0 Å². The maximum atomic E-state index is 11.9. The first-order chi connectivity index (χ1) is 14.5. The van der Waals surface area contributed by atoms with Gasteiger partial charge in [-0.1, -0.05) is 29.8 Å². The van der Waals surface area contributed by atoms with Gasteiger partial charge in [-0.2, -0.15) is 0 Å². The Kier molecular flexibility index (Phi) is 7.68. The number of nitrogens with one attached hydrogen (secondary N) is 2. The van der Waals surface area contributed by atoms with Crippen molar-refractivity contribution in [3.05, 3.63) is 71.8 Å². The Morgan fingerprint density at radius 3 is 2.37 bits per heavy atom. The van der Waals surface area contributed by atoms with Crippen LogP contribution in [0.4, 0.5) is 11.4 Å². The zero-order valence-corrected chi connectivity index (χ0v) is 18.5. The molecule has 0 aromatic heterocycles. The third-order valence-electron chi connectivity index (χ3n) is 4.23. The van der Waals surface area contributed by atoms with E-state index in [9.17, 15) is 4.79 Å². The van der Waals surface area contributed by atoms with E-state index in [2.05, 4.69) is 52.2 Å². The third-order valence-corrected chi connectivity index (χ3v) is 6.50. The van der Waals surface area contributed by atoms with Gasteiger partial charge in [-0.05, 0) is 78.5 Å². The summed E-state index contributed by atoms with van der Waals surface area (Å²) >= 11 is 9.06. The lowest BCUT2D eigenvalue weighted by atomic mass is 10.1. The number of carbonyl (C=O) groups is 2. The molecule has 2 amide bonds. The van der Waals surface area contributed by atoms with Gasteiger partial charge >= 0.3 is 0 Å². The highest BCUT2D eigenvalue weighted by atomic mass is 35.5. The van der Waals surface area contributed by atoms with Gasteiger partial charge in [0, 0.05) is 20.5 Å². The molecule has 0 bridgehead atoms. The average molecular weight is 458 g/mol. The van der Waals surface area contributed by atoms with Gasteiger partial charge in [-0.3, -0.25) is 9.59 Å². The molecular weight excluding hydrogens is 438 g/mol. The van der Waals surface area contributed by atoms with Crippen LogP contribution in [0.25, 0.3) is 11.1 Å². The number of fused-ring (bicyclic) bond motifs is 1. The monoisotopic (exact) mass is 457 g/mol. The summed E-state index contributed by atoms with van der Waals surface area (Å²) in [6.07, 6.45) is 0.250. The zero-order chi connectivity index (χ0) is 21.5. The lowest BCUT2D eigenvalue weighted by Crippen LogP contribution is -2.26. The fourth-order valence-corrected chi connectivity index (χ4v) is 4.44. The largest absolute Gasteiger partial charge is 0.372 e. The molecule has 0 saturated heterocycles. The normalized spacial score (nSPS) is 14.6. The number of nitrogens with two attached hydrogens (primary N) is 1. The predicted octanol–water partition coefficient (Wildman–Crippen LogP) is 5.66. The van der Waals surface area contributed by atoms with Gasteiger partial charge in [0.2, 0.25) is 12.3 Å². The maximum Gasteiger partial charge on any atom is 0.237 e. The summed E-state index contributed by atoms with van der Waals surface area (Å²) in [5, 5.41) is 3.67. The zero-order valence-electron chi connectivity index (χ0n) is 16.1. The molecule has 0 aliphatic carbocycles. The van der Waals surface area contributed by atoms with Crippen molar-refractivity contribution >= 4 is 59.0 Å².